The van der Waals surface area contributed by atoms with Crippen LogP contribution in [0.4, 0.5) is 4.79 Å². The zero-order valence-corrected chi connectivity index (χ0v) is 16.9. The van der Waals surface area contributed by atoms with Crippen molar-refractivity contribution in [1.82, 2.24) is 5.32 Å². The molecule has 28 heavy (non-hydrogen) atoms. The number of carbonyl (C=O) groups is 1. The van der Waals surface area contributed by atoms with Crippen molar-refractivity contribution < 1.29 is 19.4 Å². The van der Waals surface area contributed by atoms with Gasteiger partial charge in [0, 0.05) is 5.92 Å². The number of ether oxygens (including phenoxy) is 2. The molecule has 2 atom stereocenters. The minimum atomic E-state index is -0.551. The Labute approximate surface area is 166 Å². The molecular formula is C23H29NO4. The maximum atomic E-state index is 12.4. The molecule has 3 rings (SSSR count). The summed E-state index contributed by atoms with van der Waals surface area (Å²) in [4.78, 5) is 12.4. The molecule has 0 radical (unpaired) electrons. The number of nitrogens with one attached hydrogen (secondary N) is 1. The summed E-state index contributed by atoms with van der Waals surface area (Å²) in [6.07, 6.45) is -0.893. The number of benzene rings is 2. The quantitative estimate of drug-likeness (QED) is 0.788. The molecule has 0 saturated carbocycles. The Morgan fingerprint density at radius 1 is 1.07 bits per heavy atom. The van der Waals surface area contributed by atoms with Crippen LogP contribution in [0.5, 0.6) is 0 Å². The van der Waals surface area contributed by atoms with Crippen molar-refractivity contribution >= 4 is 6.09 Å². The van der Waals surface area contributed by atoms with Crippen molar-refractivity contribution in [3.8, 4) is 11.1 Å². The molecule has 2 aromatic carbocycles. The molecule has 0 aliphatic heterocycles. The second-order valence-corrected chi connectivity index (χ2v) is 8.19. The lowest BCUT2D eigenvalue weighted by Gasteiger charge is -2.30. The van der Waals surface area contributed by atoms with Gasteiger partial charge in [0.1, 0.15) is 6.61 Å². The van der Waals surface area contributed by atoms with Gasteiger partial charge in [0.15, 0.2) is 0 Å². The van der Waals surface area contributed by atoms with E-state index in [4.69, 9.17) is 9.47 Å². The number of carbonyl (C=O) groups excluding carboxylic acids is 1. The number of aliphatic hydroxyl groups excluding tert-OH is 1. The van der Waals surface area contributed by atoms with Crippen LogP contribution in [0.2, 0.25) is 0 Å². The standard InChI is InChI=1S/C23H29NO4/c1-15(28-23(2,3)4)21(13-25)24-22(26)27-14-20-18-11-7-5-9-16(18)17-10-6-8-12-19(17)20/h5-12,15,20-21,25H,13-14H2,1-4H3,(H,24,26)/t15-,21-/m0/s1. The van der Waals surface area contributed by atoms with Crippen molar-refractivity contribution in [2.45, 2.75) is 51.4 Å². The van der Waals surface area contributed by atoms with Crippen molar-refractivity contribution in [3.63, 3.8) is 0 Å². The molecule has 5 nitrogen and oxygen atoms in total. The van der Waals surface area contributed by atoms with Gasteiger partial charge in [-0.15, -0.1) is 0 Å². The van der Waals surface area contributed by atoms with Gasteiger partial charge in [-0.1, -0.05) is 48.5 Å². The highest BCUT2D eigenvalue weighted by Gasteiger charge is 2.30. The first kappa shape index (κ1) is 20.4. The molecule has 2 N–H and O–H groups in total. The summed E-state index contributed by atoms with van der Waals surface area (Å²) >= 11 is 0. The molecule has 0 spiro atoms. The first-order chi connectivity index (χ1) is 13.3. The molecule has 0 fully saturated rings. The first-order valence-corrected chi connectivity index (χ1v) is 9.70. The van der Waals surface area contributed by atoms with Crippen molar-refractivity contribution in [1.29, 1.82) is 0 Å². The molecular weight excluding hydrogens is 354 g/mol. The average molecular weight is 383 g/mol. The summed E-state index contributed by atoms with van der Waals surface area (Å²) in [5, 5.41) is 12.4. The van der Waals surface area contributed by atoms with E-state index in [0.717, 1.165) is 0 Å². The lowest BCUT2D eigenvalue weighted by atomic mass is 9.98. The topological polar surface area (TPSA) is 67.8 Å². The van der Waals surface area contributed by atoms with Gasteiger partial charge >= 0.3 is 6.09 Å². The molecule has 2 aromatic rings. The highest BCUT2D eigenvalue weighted by Crippen LogP contribution is 2.44. The van der Waals surface area contributed by atoms with Gasteiger partial charge in [0.05, 0.1) is 24.4 Å². The van der Waals surface area contributed by atoms with Crippen LogP contribution < -0.4 is 5.32 Å². The summed E-state index contributed by atoms with van der Waals surface area (Å²) in [5.74, 6) is 0.00831. The number of alkyl carbamates (subject to hydrolysis) is 1. The van der Waals surface area contributed by atoms with Gasteiger partial charge in [-0.25, -0.2) is 4.79 Å². The van der Waals surface area contributed by atoms with Crippen molar-refractivity contribution in [2.24, 2.45) is 0 Å². The summed E-state index contributed by atoms with van der Waals surface area (Å²) in [6.45, 7) is 7.66. The number of hydrogen-bond donors (Lipinski definition) is 2. The summed E-state index contributed by atoms with van der Waals surface area (Å²) in [5.41, 5.74) is 4.34. The van der Waals surface area contributed by atoms with E-state index in [0.29, 0.717) is 0 Å². The third-order valence-electron chi connectivity index (χ3n) is 4.95. The summed E-state index contributed by atoms with van der Waals surface area (Å²) in [6, 6.07) is 15.9. The average Bonchev–Trinajstić information content (AvgIpc) is 2.97. The van der Waals surface area contributed by atoms with Gasteiger partial charge in [-0.3, -0.25) is 0 Å². The molecule has 0 aromatic heterocycles. The van der Waals surface area contributed by atoms with Crippen LogP contribution in [0.25, 0.3) is 11.1 Å². The fourth-order valence-electron chi connectivity index (χ4n) is 3.74. The molecule has 1 amide bonds. The molecule has 5 heteroatoms. The number of rotatable bonds is 6. The second kappa shape index (κ2) is 8.33. The molecule has 1 aliphatic rings. The minimum Gasteiger partial charge on any atom is -0.449 e. The van der Waals surface area contributed by atoms with Crippen LogP contribution in [-0.2, 0) is 9.47 Å². The number of amides is 1. The molecule has 150 valence electrons. The van der Waals surface area contributed by atoms with Gasteiger partial charge in [0.2, 0.25) is 0 Å². The summed E-state index contributed by atoms with van der Waals surface area (Å²) < 4.78 is 11.4. The Morgan fingerprint density at radius 3 is 2.11 bits per heavy atom. The Morgan fingerprint density at radius 2 is 1.61 bits per heavy atom. The Hall–Kier alpha value is -2.37. The van der Waals surface area contributed by atoms with Gasteiger partial charge in [-0.2, -0.15) is 0 Å². The Balaban J connectivity index is 1.65. The fourth-order valence-corrected chi connectivity index (χ4v) is 3.74. The highest BCUT2D eigenvalue weighted by molar-refractivity contribution is 5.79. The minimum absolute atomic E-state index is 0.00831. The molecule has 0 bridgehead atoms. The van der Waals surface area contributed by atoms with Crippen LogP contribution in [-0.4, -0.2) is 42.2 Å². The Bertz CT molecular complexity index is 782. The number of fused-ring (bicyclic) bond motifs is 3. The van der Waals surface area contributed by atoms with E-state index in [-0.39, 0.29) is 30.8 Å². The molecule has 0 saturated heterocycles. The fraction of sp³-hybridized carbons (Fsp3) is 0.435. The van der Waals surface area contributed by atoms with Crippen molar-refractivity contribution in [2.75, 3.05) is 13.2 Å². The van der Waals surface area contributed by atoms with E-state index in [2.05, 4.69) is 29.6 Å². The zero-order chi connectivity index (χ0) is 20.3. The monoisotopic (exact) mass is 383 g/mol. The zero-order valence-electron chi connectivity index (χ0n) is 16.9. The first-order valence-electron chi connectivity index (χ1n) is 9.70. The lowest BCUT2D eigenvalue weighted by Crippen LogP contribution is -2.48. The predicted octanol–water partition coefficient (Wildman–Crippen LogP) is 4.09. The molecule has 1 aliphatic carbocycles. The van der Waals surface area contributed by atoms with Crippen LogP contribution in [0.1, 0.15) is 44.7 Å². The SMILES string of the molecule is C[C@H](OC(C)(C)C)[C@H](CO)NC(=O)OCC1c2ccccc2-c2ccccc21. The number of aliphatic hydroxyl groups is 1. The Kier molecular flexibility index (Phi) is 6.06. The van der Waals surface area contributed by atoms with E-state index >= 15 is 0 Å². The van der Waals surface area contributed by atoms with E-state index < -0.39 is 12.1 Å². The van der Waals surface area contributed by atoms with Crippen LogP contribution in [0.15, 0.2) is 48.5 Å². The third kappa shape index (κ3) is 4.54. The predicted molar refractivity (Wildman–Crippen MR) is 109 cm³/mol. The van der Waals surface area contributed by atoms with E-state index in [1.165, 1.54) is 22.3 Å². The lowest BCUT2D eigenvalue weighted by molar-refractivity contribution is -0.0721. The van der Waals surface area contributed by atoms with Gasteiger partial charge < -0.3 is 19.9 Å². The third-order valence-corrected chi connectivity index (χ3v) is 4.95. The van der Waals surface area contributed by atoms with E-state index in [1.54, 1.807) is 0 Å². The van der Waals surface area contributed by atoms with Crippen LogP contribution in [0, 0.1) is 0 Å². The maximum Gasteiger partial charge on any atom is 0.407 e. The summed E-state index contributed by atoms with van der Waals surface area (Å²) in [7, 11) is 0. The van der Waals surface area contributed by atoms with E-state index in [1.807, 2.05) is 52.0 Å². The maximum absolute atomic E-state index is 12.4. The van der Waals surface area contributed by atoms with E-state index in [9.17, 15) is 9.90 Å². The number of hydrogen-bond acceptors (Lipinski definition) is 4. The van der Waals surface area contributed by atoms with Crippen LogP contribution in [0.3, 0.4) is 0 Å². The van der Waals surface area contributed by atoms with Crippen LogP contribution >= 0.6 is 0 Å². The molecule has 0 heterocycles. The highest BCUT2D eigenvalue weighted by atomic mass is 16.6. The molecule has 0 unspecified atom stereocenters. The smallest absolute Gasteiger partial charge is 0.407 e. The second-order valence-electron chi connectivity index (χ2n) is 8.19. The largest absolute Gasteiger partial charge is 0.449 e. The van der Waals surface area contributed by atoms with Gasteiger partial charge in [-0.05, 0) is 49.9 Å². The van der Waals surface area contributed by atoms with Gasteiger partial charge in [0.25, 0.3) is 0 Å². The normalized spacial score (nSPS) is 15.5. The van der Waals surface area contributed by atoms with Crippen molar-refractivity contribution in [3.05, 3.63) is 59.7 Å².